The van der Waals surface area contributed by atoms with Crippen molar-refractivity contribution in [1.29, 1.82) is 0 Å². The Balaban J connectivity index is 2.57. The van der Waals surface area contributed by atoms with E-state index in [4.69, 9.17) is 0 Å². The summed E-state index contributed by atoms with van der Waals surface area (Å²) in [7, 11) is 2.32. The fourth-order valence-electron chi connectivity index (χ4n) is 3.35. The Morgan fingerprint density at radius 3 is 2.55 bits per heavy atom. The van der Waals surface area contributed by atoms with Gasteiger partial charge in [-0.25, -0.2) is 0 Å². The van der Waals surface area contributed by atoms with Gasteiger partial charge < -0.3 is 10.2 Å². The monoisotopic (exact) mass is 300 g/mol. The molecule has 120 valence electrons. The van der Waals surface area contributed by atoms with Crippen LogP contribution < -0.4 is 5.32 Å². The zero-order valence-electron chi connectivity index (χ0n) is 14.4. The van der Waals surface area contributed by atoms with Gasteiger partial charge in [-0.3, -0.25) is 0 Å². The lowest BCUT2D eigenvalue weighted by atomic mass is 9.70. The number of hydrogen-bond acceptors (Lipinski definition) is 3. The van der Waals surface area contributed by atoms with Crippen LogP contribution in [0.2, 0.25) is 0 Å². The fourth-order valence-corrected chi connectivity index (χ4v) is 4.09. The molecule has 0 bridgehead atoms. The molecule has 2 nitrogen and oxygen atoms in total. The second-order valence-electron chi connectivity index (χ2n) is 7.08. The first-order chi connectivity index (χ1) is 9.53. The van der Waals surface area contributed by atoms with E-state index in [1.807, 2.05) is 11.8 Å². The predicted molar refractivity (Wildman–Crippen MR) is 93.7 cm³/mol. The van der Waals surface area contributed by atoms with Crippen molar-refractivity contribution < 1.29 is 0 Å². The van der Waals surface area contributed by atoms with E-state index in [1.165, 1.54) is 57.5 Å². The second kappa shape index (κ2) is 9.32. The first kappa shape index (κ1) is 18.3. The van der Waals surface area contributed by atoms with E-state index >= 15 is 0 Å². The highest BCUT2D eigenvalue weighted by molar-refractivity contribution is 7.98. The minimum Gasteiger partial charge on any atom is -0.316 e. The molecule has 3 heteroatoms. The molecule has 0 aromatic rings. The van der Waals surface area contributed by atoms with E-state index in [0.717, 1.165) is 5.92 Å². The van der Waals surface area contributed by atoms with Gasteiger partial charge in [-0.05, 0) is 57.4 Å². The summed E-state index contributed by atoms with van der Waals surface area (Å²) in [5.74, 6) is 2.17. The van der Waals surface area contributed by atoms with Crippen molar-refractivity contribution in [2.75, 3.05) is 38.7 Å². The van der Waals surface area contributed by atoms with Gasteiger partial charge in [0.1, 0.15) is 0 Å². The van der Waals surface area contributed by atoms with Gasteiger partial charge in [0.15, 0.2) is 0 Å². The predicted octanol–water partition coefficient (Wildman–Crippen LogP) is 3.87. The van der Waals surface area contributed by atoms with Gasteiger partial charge >= 0.3 is 0 Å². The molecule has 1 aliphatic rings. The molecule has 0 aromatic heterocycles. The second-order valence-corrected chi connectivity index (χ2v) is 7.99. The SMILES string of the molecule is CCCNCC1(CN(C)C(C)CSC)CCC(C)CC1. The molecule has 0 amide bonds. The minimum absolute atomic E-state index is 0.517. The standard InChI is InChI=1S/C17H36N2S/c1-6-11-18-13-17(9-7-15(2)8-10-17)14-19(4)16(3)12-20-5/h15-16,18H,6-14H2,1-5H3. The lowest BCUT2D eigenvalue weighted by Crippen LogP contribution is -2.47. The van der Waals surface area contributed by atoms with Crippen molar-refractivity contribution in [3.63, 3.8) is 0 Å². The summed E-state index contributed by atoms with van der Waals surface area (Å²) in [6, 6.07) is 0.687. The Morgan fingerprint density at radius 2 is 2.00 bits per heavy atom. The van der Waals surface area contributed by atoms with Crippen LogP contribution in [0.5, 0.6) is 0 Å². The number of thioether (sulfide) groups is 1. The maximum atomic E-state index is 3.70. The summed E-state index contributed by atoms with van der Waals surface area (Å²) in [5.41, 5.74) is 0.517. The van der Waals surface area contributed by atoms with Gasteiger partial charge in [0.05, 0.1) is 0 Å². The highest BCUT2D eigenvalue weighted by Crippen LogP contribution is 2.39. The van der Waals surface area contributed by atoms with Crippen molar-refractivity contribution in [3.8, 4) is 0 Å². The molecular formula is C17H36N2S. The number of nitrogens with one attached hydrogen (secondary N) is 1. The lowest BCUT2D eigenvalue weighted by molar-refractivity contribution is 0.0866. The average Bonchev–Trinajstić information content (AvgIpc) is 2.43. The first-order valence-electron chi connectivity index (χ1n) is 8.43. The van der Waals surface area contributed by atoms with Gasteiger partial charge in [0.25, 0.3) is 0 Å². The van der Waals surface area contributed by atoms with Crippen LogP contribution in [-0.4, -0.2) is 49.6 Å². The van der Waals surface area contributed by atoms with E-state index in [0.29, 0.717) is 11.5 Å². The van der Waals surface area contributed by atoms with Crippen molar-refractivity contribution in [2.45, 2.75) is 58.9 Å². The highest BCUT2D eigenvalue weighted by atomic mass is 32.2. The Bertz CT molecular complexity index is 249. The van der Waals surface area contributed by atoms with Gasteiger partial charge in [-0.15, -0.1) is 0 Å². The molecule has 1 aliphatic carbocycles. The molecule has 0 saturated heterocycles. The van der Waals surface area contributed by atoms with Gasteiger partial charge in [0.2, 0.25) is 0 Å². The van der Waals surface area contributed by atoms with E-state index in [2.05, 4.69) is 44.3 Å². The van der Waals surface area contributed by atoms with E-state index in [-0.39, 0.29) is 0 Å². The summed E-state index contributed by atoms with van der Waals surface area (Å²) in [5, 5.41) is 3.70. The molecule has 1 fully saturated rings. The smallest absolute Gasteiger partial charge is 0.0155 e. The molecular weight excluding hydrogens is 264 g/mol. The quantitative estimate of drug-likeness (QED) is 0.651. The van der Waals surface area contributed by atoms with Crippen LogP contribution in [-0.2, 0) is 0 Å². The Kier molecular flexibility index (Phi) is 8.54. The summed E-state index contributed by atoms with van der Waals surface area (Å²) in [6.07, 6.45) is 9.09. The van der Waals surface area contributed by atoms with E-state index in [9.17, 15) is 0 Å². The maximum absolute atomic E-state index is 3.70. The molecule has 1 saturated carbocycles. The van der Waals surface area contributed by atoms with Crippen molar-refractivity contribution in [1.82, 2.24) is 10.2 Å². The van der Waals surface area contributed by atoms with Crippen LogP contribution in [0.15, 0.2) is 0 Å². The number of nitrogens with zero attached hydrogens (tertiary/aromatic N) is 1. The zero-order chi connectivity index (χ0) is 15.0. The van der Waals surface area contributed by atoms with Crippen LogP contribution >= 0.6 is 11.8 Å². The minimum atomic E-state index is 0.517. The van der Waals surface area contributed by atoms with E-state index < -0.39 is 0 Å². The summed E-state index contributed by atoms with van der Waals surface area (Å²) >= 11 is 1.96. The lowest BCUT2D eigenvalue weighted by Gasteiger charge is -2.43. The zero-order valence-corrected chi connectivity index (χ0v) is 15.2. The van der Waals surface area contributed by atoms with E-state index in [1.54, 1.807) is 0 Å². The Morgan fingerprint density at radius 1 is 1.35 bits per heavy atom. The average molecular weight is 301 g/mol. The third-order valence-corrected chi connectivity index (χ3v) is 5.82. The van der Waals surface area contributed by atoms with Crippen LogP contribution in [0.25, 0.3) is 0 Å². The first-order valence-corrected chi connectivity index (χ1v) is 9.82. The third kappa shape index (κ3) is 5.95. The Hall–Kier alpha value is 0.270. The van der Waals surface area contributed by atoms with Crippen LogP contribution in [0.4, 0.5) is 0 Å². The normalized spacial score (nSPS) is 28.8. The van der Waals surface area contributed by atoms with Gasteiger partial charge in [-0.2, -0.15) is 11.8 Å². The topological polar surface area (TPSA) is 15.3 Å². The van der Waals surface area contributed by atoms with Crippen molar-refractivity contribution >= 4 is 11.8 Å². The molecule has 0 radical (unpaired) electrons. The molecule has 0 aromatic carbocycles. The highest BCUT2D eigenvalue weighted by Gasteiger charge is 2.35. The van der Waals surface area contributed by atoms with Crippen LogP contribution in [0.1, 0.15) is 52.9 Å². The number of rotatable bonds is 9. The molecule has 0 aliphatic heterocycles. The molecule has 0 spiro atoms. The van der Waals surface area contributed by atoms with Crippen LogP contribution in [0.3, 0.4) is 0 Å². The van der Waals surface area contributed by atoms with Crippen LogP contribution in [0, 0.1) is 11.3 Å². The third-order valence-electron chi connectivity index (χ3n) is 5.01. The molecule has 1 rings (SSSR count). The molecule has 1 atom stereocenters. The maximum Gasteiger partial charge on any atom is 0.0155 e. The molecule has 20 heavy (non-hydrogen) atoms. The molecule has 0 heterocycles. The Labute approximate surface area is 131 Å². The molecule has 1 N–H and O–H groups in total. The summed E-state index contributed by atoms with van der Waals surface area (Å²) in [6.45, 7) is 10.7. The fraction of sp³-hybridized carbons (Fsp3) is 1.00. The van der Waals surface area contributed by atoms with Gasteiger partial charge in [0, 0.05) is 24.9 Å². The van der Waals surface area contributed by atoms with Crippen molar-refractivity contribution in [2.24, 2.45) is 11.3 Å². The van der Waals surface area contributed by atoms with Crippen molar-refractivity contribution in [3.05, 3.63) is 0 Å². The molecule has 1 unspecified atom stereocenters. The number of hydrogen-bond donors (Lipinski definition) is 1. The summed E-state index contributed by atoms with van der Waals surface area (Å²) < 4.78 is 0. The largest absolute Gasteiger partial charge is 0.316 e. The summed E-state index contributed by atoms with van der Waals surface area (Å²) in [4.78, 5) is 2.60. The van der Waals surface area contributed by atoms with Gasteiger partial charge in [-0.1, -0.05) is 26.7 Å².